The number of aromatic nitrogens is 1. The second-order valence-corrected chi connectivity index (χ2v) is 10.0. The molecule has 1 aromatic heterocycles. The summed E-state index contributed by atoms with van der Waals surface area (Å²) in [5.41, 5.74) is 0.908. The van der Waals surface area contributed by atoms with Crippen molar-refractivity contribution in [1.29, 1.82) is 0 Å². The standard InChI is InChI=1S/C27H30N4O9S/c1-37-14-13-29-27(34)40-24-10-8-20(17-30-24)26(33)31-41(35,36)21-6-4-5-19(16-21)25(32)28-12-11-18-7-9-22(38-2)23(15-18)39-3/h4-10,15-17H,11-14H2,1-3H3,(H,28,32)(H,29,34)(H,31,33). The molecule has 0 spiro atoms. The zero-order valence-corrected chi connectivity index (χ0v) is 23.4. The van der Waals surface area contributed by atoms with Gasteiger partial charge in [-0.25, -0.2) is 22.9 Å². The van der Waals surface area contributed by atoms with E-state index in [0.29, 0.717) is 24.5 Å². The summed E-state index contributed by atoms with van der Waals surface area (Å²) >= 11 is 0. The lowest BCUT2D eigenvalue weighted by molar-refractivity contribution is 0.0952. The Hall–Kier alpha value is -4.69. The van der Waals surface area contributed by atoms with E-state index in [4.69, 9.17) is 18.9 Å². The minimum absolute atomic E-state index is 0.0928. The third-order valence-electron chi connectivity index (χ3n) is 5.55. The second kappa shape index (κ2) is 14.6. The van der Waals surface area contributed by atoms with Crippen LogP contribution in [0.1, 0.15) is 26.3 Å². The van der Waals surface area contributed by atoms with Gasteiger partial charge in [0.1, 0.15) is 0 Å². The van der Waals surface area contributed by atoms with Crippen molar-refractivity contribution in [3.63, 3.8) is 0 Å². The van der Waals surface area contributed by atoms with Crippen LogP contribution in [0.3, 0.4) is 0 Å². The van der Waals surface area contributed by atoms with Gasteiger partial charge in [0.15, 0.2) is 11.5 Å². The number of rotatable bonds is 13. The summed E-state index contributed by atoms with van der Waals surface area (Å²) in [6.07, 6.45) is 0.792. The highest BCUT2D eigenvalue weighted by Crippen LogP contribution is 2.27. The summed E-state index contributed by atoms with van der Waals surface area (Å²) in [4.78, 5) is 40.5. The number of ether oxygens (including phenoxy) is 4. The van der Waals surface area contributed by atoms with E-state index >= 15 is 0 Å². The molecule has 0 bridgehead atoms. The van der Waals surface area contributed by atoms with E-state index in [2.05, 4.69) is 15.6 Å². The van der Waals surface area contributed by atoms with Gasteiger partial charge in [0.05, 0.1) is 31.3 Å². The lowest BCUT2D eigenvalue weighted by Gasteiger charge is -2.11. The van der Waals surface area contributed by atoms with Crippen LogP contribution >= 0.6 is 0 Å². The van der Waals surface area contributed by atoms with Gasteiger partial charge in [-0.1, -0.05) is 12.1 Å². The molecule has 1 heterocycles. The fourth-order valence-corrected chi connectivity index (χ4v) is 4.48. The van der Waals surface area contributed by atoms with Gasteiger partial charge >= 0.3 is 6.09 Å². The van der Waals surface area contributed by atoms with Gasteiger partial charge in [-0.2, -0.15) is 0 Å². The van der Waals surface area contributed by atoms with Crippen molar-refractivity contribution in [2.45, 2.75) is 11.3 Å². The van der Waals surface area contributed by atoms with Crippen molar-refractivity contribution in [1.82, 2.24) is 20.3 Å². The maximum atomic E-state index is 12.8. The van der Waals surface area contributed by atoms with Crippen molar-refractivity contribution in [2.75, 3.05) is 41.0 Å². The van der Waals surface area contributed by atoms with Gasteiger partial charge in [-0.15, -0.1) is 0 Å². The van der Waals surface area contributed by atoms with Crippen LogP contribution in [0, 0.1) is 0 Å². The SMILES string of the molecule is COCCNC(=O)Oc1ccc(C(=O)NS(=O)(=O)c2cccc(C(=O)NCCc3ccc(OC)c(OC)c3)c2)cn1. The monoisotopic (exact) mass is 586 g/mol. The van der Waals surface area contributed by atoms with Crippen molar-refractivity contribution in [3.8, 4) is 17.4 Å². The quantitative estimate of drug-likeness (QED) is 0.251. The maximum absolute atomic E-state index is 12.8. The number of hydrogen-bond donors (Lipinski definition) is 3. The van der Waals surface area contributed by atoms with Crippen LogP contribution in [0.2, 0.25) is 0 Å². The number of nitrogens with one attached hydrogen (secondary N) is 3. The zero-order valence-electron chi connectivity index (χ0n) is 22.6. The van der Waals surface area contributed by atoms with Gasteiger partial charge in [-0.05, 0) is 48.4 Å². The topological polar surface area (TPSA) is 171 Å². The molecule has 0 aliphatic rings. The first-order valence-electron chi connectivity index (χ1n) is 12.2. The van der Waals surface area contributed by atoms with Crippen LogP contribution in [0.4, 0.5) is 4.79 Å². The largest absolute Gasteiger partial charge is 0.493 e. The molecular formula is C27H30N4O9S. The fourth-order valence-electron chi connectivity index (χ4n) is 3.46. The number of sulfonamides is 1. The van der Waals surface area contributed by atoms with E-state index in [1.54, 1.807) is 12.1 Å². The fraction of sp³-hybridized carbons (Fsp3) is 0.259. The number of amides is 3. The Balaban J connectivity index is 1.58. The van der Waals surface area contributed by atoms with E-state index in [1.807, 2.05) is 10.8 Å². The molecule has 3 N–H and O–H groups in total. The molecule has 14 heteroatoms. The Bertz CT molecular complexity index is 1480. The molecule has 3 rings (SSSR count). The van der Waals surface area contributed by atoms with E-state index in [9.17, 15) is 22.8 Å². The number of carbonyl (C=O) groups is 3. The predicted molar refractivity (Wildman–Crippen MR) is 147 cm³/mol. The number of methoxy groups -OCH3 is 3. The lowest BCUT2D eigenvalue weighted by Crippen LogP contribution is -2.31. The molecule has 13 nitrogen and oxygen atoms in total. The molecule has 0 aliphatic heterocycles. The first kappa shape index (κ1) is 30.8. The van der Waals surface area contributed by atoms with Gasteiger partial charge in [0.25, 0.3) is 21.8 Å². The summed E-state index contributed by atoms with van der Waals surface area (Å²) < 4.78 is 47.9. The van der Waals surface area contributed by atoms with E-state index in [-0.39, 0.29) is 35.0 Å². The Morgan fingerprint density at radius 2 is 1.61 bits per heavy atom. The second-order valence-electron chi connectivity index (χ2n) is 8.35. The van der Waals surface area contributed by atoms with Crippen LogP contribution in [-0.2, 0) is 21.2 Å². The Kier molecular flexibility index (Phi) is 11.0. The molecule has 0 saturated heterocycles. The molecule has 0 radical (unpaired) electrons. The van der Waals surface area contributed by atoms with Gasteiger partial charge in [0, 0.05) is 38.0 Å². The van der Waals surface area contributed by atoms with Crippen LogP contribution in [0.25, 0.3) is 0 Å². The Labute approximate surface area is 237 Å². The maximum Gasteiger partial charge on any atom is 0.414 e. The molecule has 41 heavy (non-hydrogen) atoms. The summed E-state index contributed by atoms with van der Waals surface area (Å²) in [6, 6.07) is 13.2. The number of pyridine rings is 1. The molecule has 3 aromatic rings. The van der Waals surface area contributed by atoms with Gasteiger partial charge < -0.3 is 29.6 Å². The van der Waals surface area contributed by atoms with Crippen LogP contribution in [-0.4, -0.2) is 72.3 Å². The molecule has 0 unspecified atom stereocenters. The normalized spacial score (nSPS) is 10.8. The molecule has 0 fully saturated rings. The lowest BCUT2D eigenvalue weighted by atomic mass is 10.1. The smallest absolute Gasteiger partial charge is 0.414 e. The van der Waals surface area contributed by atoms with Crippen molar-refractivity contribution in [2.24, 2.45) is 0 Å². The van der Waals surface area contributed by atoms with Crippen LogP contribution in [0.15, 0.2) is 65.7 Å². The van der Waals surface area contributed by atoms with E-state index in [0.717, 1.165) is 11.8 Å². The van der Waals surface area contributed by atoms with Crippen LogP contribution in [0.5, 0.6) is 17.4 Å². The molecule has 2 aromatic carbocycles. The number of benzene rings is 2. The highest BCUT2D eigenvalue weighted by atomic mass is 32.2. The van der Waals surface area contributed by atoms with Crippen LogP contribution < -0.4 is 29.6 Å². The first-order chi connectivity index (χ1) is 19.7. The average molecular weight is 587 g/mol. The van der Waals surface area contributed by atoms with Crippen molar-refractivity contribution >= 4 is 27.9 Å². The Morgan fingerprint density at radius 1 is 0.829 bits per heavy atom. The van der Waals surface area contributed by atoms with Crippen molar-refractivity contribution < 1.29 is 41.7 Å². The van der Waals surface area contributed by atoms with Crippen molar-refractivity contribution in [3.05, 3.63) is 77.5 Å². The third-order valence-corrected chi connectivity index (χ3v) is 6.88. The zero-order chi connectivity index (χ0) is 29.8. The highest BCUT2D eigenvalue weighted by Gasteiger charge is 2.21. The average Bonchev–Trinajstić information content (AvgIpc) is 2.97. The number of carbonyl (C=O) groups excluding carboxylic acids is 3. The van der Waals surface area contributed by atoms with Gasteiger partial charge in [-0.3, -0.25) is 9.59 Å². The third kappa shape index (κ3) is 8.91. The molecule has 218 valence electrons. The predicted octanol–water partition coefficient (Wildman–Crippen LogP) is 1.92. The van der Waals surface area contributed by atoms with E-state index in [1.165, 1.54) is 57.7 Å². The molecule has 3 amide bonds. The summed E-state index contributed by atoms with van der Waals surface area (Å²) in [7, 11) is 0.229. The number of hydrogen-bond acceptors (Lipinski definition) is 10. The molecule has 0 atom stereocenters. The molecule has 0 saturated carbocycles. The highest BCUT2D eigenvalue weighted by molar-refractivity contribution is 7.90. The Morgan fingerprint density at radius 3 is 2.29 bits per heavy atom. The first-order valence-corrected chi connectivity index (χ1v) is 13.7. The minimum Gasteiger partial charge on any atom is -0.493 e. The van der Waals surface area contributed by atoms with Gasteiger partial charge in [0.2, 0.25) is 5.88 Å². The minimum atomic E-state index is -4.32. The summed E-state index contributed by atoms with van der Waals surface area (Å²) in [5, 5.41) is 5.18. The summed E-state index contributed by atoms with van der Waals surface area (Å²) in [5.74, 6) is -0.383. The molecular weight excluding hydrogens is 556 g/mol. The molecule has 0 aliphatic carbocycles. The van der Waals surface area contributed by atoms with E-state index < -0.39 is 27.9 Å². The number of nitrogens with zero attached hydrogens (tertiary/aromatic N) is 1. The summed E-state index contributed by atoms with van der Waals surface area (Å²) in [6.45, 7) is 0.809.